The molecule has 0 spiro atoms. The first kappa shape index (κ1) is 15.7. The maximum Gasteiger partial charge on any atom is 0.119 e. The molecule has 1 N–H and O–H groups in total. The van der Waals surface area contributed by atoms with Crippen molar-refractivity contribution in [2.45, 2.75) is 6.92 Å². The Bertz CT molecular complexity index is 673. The second-order valence-electron chi connectivity index (χ2n) is 5.50. The van der Waals surface area contributed by atoms with Crippen LogP contribution >= 0.6 is 11.3 Å². The van der Waals surface area contributed by atoms with Gasteiger partial charge < -0.3 is 19.7 Å². The van der Waals surface area contributed by atoms with Crippen molar-refractivity contribution in [2.24, 2.45) is 5.16 Å². The van der Waals surface area contributed by atoms with Gasteiger partial charge in [-0.2, -0.15) is 0 Å². The van der Waals surface area contributed by atoms with Crippen LogP contribution in [0.1, 0.15) is 11.8 Å². The van der Waals surface area contributed by atoms with Gasteiger partial charge >= 0.3 is 0 Å². The van der Waals surface area contributed by atoms with Gasteiger partial charge in [0.1, 0.15) is 5.75 Å². The fraction of sp³-hybridized carbons (Fsp3) is 0.353. The number of hydrogen-bond acceptors (Lipinski definition) is 6. The zero-order chi connectivity index (χ0) is 16.2. The molecule has 0 atom stereocenters. The summed E-state index contributed by atoms with van der Waals surface area (Å²) in [7, 11) is 1.69. The fourth-order valence-corrected chi connectivity index (χ4v) is 3.72. The number of benzene rings is 1. The standard InChI is InChI=1S/C17H21N3O2S/c1-13(18-21)16-7-8-17(23-16)20-11-9-19(10-12-20)14-3-5-15(22-2)6-4-14/h3-8,21H,9-12H2,1-2H3/b18-13+. The van der Waals surface area contributed by atoms with Gasteiger partial charge in [-0.05, 0) is 43.3 Å². The van der Waals surface area contributed by atoms with Crippen LogP contribution in [0, 0.1) is 0 Å². The molecule has 2 heterocycles. The summed E-state index contributed by atoms with van der Waals surface area (Å²) in [6.45, 7) is 5.78. The molecule has 0 unspecified atom stereocenters. The molecule has 0 amide bonds. The molecule has 5 nitrogen and oxygen atoms in total. The molecule has 3 rings (SSSR count). The highest BCUT2D eigenvalue weighted by atomic mass is 32.1. The van der Waals surface area contributed by atoms with Gasteiger partial charge in [-0.1, -0.05) is 5.16 Å². The zero-order valence-electron chi connectivity index (χ0n) is 13.4. The maximum absolute atomic E-state index is 8.87. The van der Waals surface area contributed by atoms with Gasteiger partial charge in [-0.15, -0.1) is 11.3 Å². The third-order valence-electron chi connectivity index (χ3n) is 4.13. The number of anilines is 2. The van der Waals surface area contributed by atoms with E-state index in [1.165, 1.54) is 10.7 Å². The Balaban J connectivity index is 1.62. The van der Waals surface area contributed by atoms with Crippen LogP contribution in [0.15, 0.2) is 41.6 Å². The van der Waals surface area contributed by atoms with E-state index in [4.69, 9.17) is 9.94 Å². The molecule has 23 heavy (non-hydrogen) atoms. The van der Waals surface area contributed by atoms with Gasteiger partial charge in [-0.3, -0.25) is 0 Å². The molecule has 0 saturated carbocycles. The van der Waals surface area contributed by atoms with Crippen LogP contribution in [-0.4, -0.2) is 44.2 Å². The molecule has 2 aromatic rings. The first-order valence-corrected chi connectivity index (χ1v) is 8.45. The van der Waals surface area contributed by atoms with Crippen LogP contribution in [-0.2, 0) is 0 Å². The lowest BCUT2D eigenvalue weighted by atomic mass is 10.2. The third-order valence-corrected chi connectivity index (χ3v) is 5.38. The van der Waals surface area contributed by atoms with Gasteiger partial charge in [0.25, 0.3) is 0 Å². The predicted octanol–water partition coefficient (Wildman–Crippen LogP) is 3.28. The molecule has 122 valence electrons. The van der Waals surface area contributed by atoms with E-state index in [0.717, 1.165) is 36.8 Å². The predicted molar refractivity (Wildman–Crippen MR) is 95.7 cm³/mol. The maximum atomic E-state index is 8.87. The number of piperazine rings is 1. The summed E-state index contributed by atoms with van der Waals surface area (Å²) in [5.41, 5.74) is 1.90. The molecule has 1 aliphatic rings. The van der Waals surface area contributed by atoms with E-state index in [1.807, 2.05) is 25.1 Å². The average molecular weight is 331 g/mol. The molecule has 0 bridgehead atoms. The molecule has 6 heteroatoms. The molecule has 1 aliphatic heterocycles. The molecule has 1 fully saturated rings. The second kappa shape index (κ2) is 6.91. The molecule has 1 aromatic carbocycles. The number of rotatable bonds is 4. The Hall–Kier alpha value is -2.21. The third kappa shape index (κ3) is 3.42. The summed E-state index contributed by atoms with van der Waals surface area (Å²) in [6.07, 6.45) is 0. The number of ether oxygens (including phenoxy) is 1. The zero-order valence-corrected chi connectivity index (χ0v) is 14.2. The molecular formula is C17H21N3O2S. The van der Waals surface area contributed by atoms with E-state index < -0.39 is 0 Å². The van der Waals surface area contributed by atoms with Crippen molar-refractivity contribution in [2.75, 3.05) is 43.1 Å². The minimum Gasteiger partial charge on any atom is -0.497 e. The van der Waals surface area contributed by atoms with Crippen LogP contribution in [0.3, 0.4) is 0 Å². The smallest absolute Gasteiger partial charge is 0.119 e. The molecular weight excluding hydrogens is 310 g/mol. The highest BCUT2D eigenvalue weighted by molar-refractivity contribution is 7.18. The van der Waals surface area contributed by atoms with Crippen molar-refractivity contribution >= 4 is 27.7 Å². The normalized spacial score (nSPS) is 15.8. The van der Waals surface area contributed by atoms with E-state index in [1.54, 1.807) is 18.4 Å². The summed E-state index contributed by atoms with van der Waals surface area (Å²) in [5.74, 6) is 0.888. The second-order valence-corrected chi connectivity index (χ2v) is 6.56. The summed E-state index contributed by atoms with van der Waals surface area (Å²) in [5, 5.41) is 13.4. The van der Waals surface area contributed by atoms with Crippen LogP contribution < -0.4 is 14.5 Å². The van der Waals surface area contributed by atoms with Gasteiger partial charge in [0.15, 0.2) is 0 Å². The summed E-state index contributed by atoms with van der Waals surface area (Å²) >= 11 is 1.67. The number of thiophene rings is 1. The van der Waals surface area contributed by atoms with Gasteiger partial charge in [0.2, 0.25) is 0 Å². The van der Waals surface area contributed by atoms with E-state index in [2.05, 4.69) is 33.2 Å². The minimum atomic E-state index is 0.665. The van der Waals surface area contributed by atoms with Crippen molar-refractivity contribution in [1.29, 1.82) is 0 Å². The minimum absolute atomic E-state index is 0.665. The van der Waals surface area contributed by atoms with Crippen molar-refractivity contribution in [3.05, 3.63) is 41.3 Å². The van der Waals surface area contributed by atoms with E-state index >= 15 is 0 Å². The Kier molecular flexibility index (Phi) is 4.71. The number of hydrogen-bond donors (Lipinski definition) is 1. The van der Waals surface area contributed by atoms with E-state index in [0.29, 0.717) is 5.71 Å². The van der Waals surface area contributed by atoms with Crippen LogP contribution in [0.5, 0.6) is 5.75 Å². The van der Waals surface area contributed by atoms with Crippen molar-refractivity contribution in [3.63, 3.8) is 0 Å². The first-order chi connectivity index (χ1) is 11.2. The first-order valence-electron chi connectivity index (χ1n) is 7.64. The Morgan fingerprint density at radius 2 is 1.70 bits per heavy atom. The van der Waals surface area contributed by atoms with Gasteiger partial charge in [0.05, 0.1) is 22.7 Å². The lowest BCUT2D eigenvalue weighted by molar-refractivity contribution is 0.319. The van der Waals surface area contributed by atoms with Crippen molar-refractivity contribution in [1.82, 2.24) is 0 Å². The topological polar surface area (TPSA) is 48.3 Å². The van der Waals surface area contributed by atoms with Crippen LogP contribution in [0.4, 0.5) is 10.7 Å². The van der Waals surface area contributed by atoms with E-state index in [-0.39, 0.29) is 0 Å². The summed E-state index contributed by atoms with van der Waals surface area (Å²) in [6, 6.07) is 12.4. The largest absolute Gasteiger partial charge is 0.497 e. The molecule has 1 aromatic heterocycles. The highest BCUT2D eigenvalue weighted by Crippen LogP contribution is 2.28. The van der Waals surface area contributed by atoms with Crippen LogP contribution in [0.25, 0.3) is 0 Å². The summed E-state index contributed by atoms with van der Waals surface area (Å²) in [4.78, 5) is 5.80. The molecule has 0 aliphatic carbocycles. The lowest BCUT2D eigenvalue weighted by Gasteiger charge is -2.36. The van der Waals surface area contributed by atoms with Gasteiger partial charge in [0, 0.05) is 31.9 Å². The quantitative estimate of drug-likeness (QED) is 0.531. The molecule has 1 saturated heterocycles. The Morgan fingerprint density at radius 1 is 1.04 bits per heavy atom. The number of methoxy groups -OCH3 is 1. The summed E-state index contributed by atoms with van der Waals surface area (Å²) < 4.78 is 5.21. The highest BCUT2D eigenvalue weighted by Gasteiger charge is 2.19. The SMILES string of the molecule is COc1ccc(N2CCN(c3ccc(/C(C)=N/O)s3)CC2)cc1. The Labute approximate surface area is 140 Å². The molecule has 0 radical (unpaired) electrons. The number of oxime groups is 1. The van der Waals surface area contributed by atoms with Crippen molar-refractivity contribution < 1.29 is 9.94 Å². The van der Waals surface area contributed by atoms with Crippen molar-refractivity contribution in [3.8, 4) is 5.75 Å². The van der Waals surface area contributed by atoms with E-state index in [9.17, 15) is 0 Å². The van der Waals surface area contributed by atoms with Gasteiger partial charge in [-0.25, -0.2) is 0 Å². The average Bonchev–Trinajstić information content (AvgIpc) is 3.11. The number of nitrogens with zero attached hydrogens (tertiary/aromatic N) is 3. The monoisotopic (exact) mass is 331 g/mol. The Morgan fingerprint density at radius 3 is 2.30 bits per heavy atom. The fourth-order valence-electron chi connectivity index (χ4n) is 2.72. The lowest BCUT2D eigenvalue weighted by Crippen LogP contribution is -2.46. The van der Waals surface area contributed by atoms with Crippen LogP contribution in [0.2, 0.25) is 0 Å².